The van der Waals surface area contributed by atoms with E-state index in [2.05, 4.69) is 15.3 Å². The number of aromatic nitrogens is 2. The molecular weight excluding hydrogens is 304 g/mol. The van der Waals surface area contributed by atoms with E-state index < -0.39 is 0 Å². The predicted octanol–water partition coefficient (Wildman–Crippen LogP) is 1.70. The number of hydrogen-bond donors (Lipinski definition) is 1. The lowest BCUT2D eigenvalue weighted by atomic mass is 9.79. The van der Waals surface area contributed by atoms with Gasteiger partial charge in [0.05, 0.1) is 0 Å². The lowest BCUT2D eigenvalue weighted by molar-refractivity contribution is 0.0326. The van der Waals surface area contributed by atoms with Crippen molar-refractivity contribution in [3.05, 3.63) is 28.2 Å². The summed E-state index contributed by atoms with van der Waals surface area (Å²) in [5.74, 6) is -0.187. The molecule has 1 amide bonds. The third-order valence-electron chi connectivity index (χ3n) is 5.58. The molecule has 1 aliphatic heterocycles. The molecule has 1 saturated carbocycles. The second-order valence-electron chi connectivity index (χ2n) is 7.20. The SMILES string of the molecule is Cn1nc(C(=O)NCC2(N3CCCCC3)CCCCC2)ccc1=O. The molecule has 0 bridgehead atoms. The molecule has 3 rings (SSSR count). The van der Waals surface area contributed by atoms with Crippen LogP contribution in [0.2, 0.25) is 0 Å². The van der Waals surface area contributed by atoms with Crippen LogP contribution in [0.15, 0.2) is 16.9 Å². The molecule has 0 unspecified atom stereocenters. The summed E-state index contributed by atoms with van der Waals surface area (Å²) in [5, 5.41) is 7.15. The van der Waals surface area contributed by atoms with E-state index >= 15 is 0 Å². The molecule has 1 saturated heterocycles. The Labute approximate surface area is 143 Å². The van der Waals surface area contributed by atoms with Crippen molar-refractivity contribution in [2.45, 2.75) is 56.9 Å². The zero-order valence-corrected chi connectivity index (χ0v) is 14.6. The number of nitrogens with zero attached hydrogens (tertiary/aromatic N) is 3. The molecular formula is C18H28N4O2. The topological polar surface area (TPSA) is 67.2 Å². The van der Waals surface area contributed by atoms with E-state index in [0.29, 0.717) is 12.2 Å². The van der Waals surface area contributed by atoms with E-state index in [4.69, 9.17) is 0 Å². The van der Waals surface area contributed by atoms with Crippen molar-refractivity contribution in [1.29, 1.82) is 0 Å². The Morgan fingerprint density at radius 2 is 1.79 bits per heavy atom. The average molecular weight is 332 g/mol. The number of likely N-dealkylation sites (tertiary alicyclic amines) is 1. The van der Waals surface area contributed by atoms with Gasteiger partial charge in [-0.05, 0) is 44.8 Å². The highest BCUT2D eigenvalue weighted by atomic mass is 16.2. The van der Waals surface area contributed by atoms with Gasteiger partial charge in [0, 0.05) is 25.2 Å². The van der Waals surface area contributed by atoms with Crippen molar-refractivity contribution in [2.75, 3.05) is 19.6 Å². The Morgan fingerprint density at radius 3 is 2.46 bits per heavy atom. The van der Waals surface area contributed by atoms with Crippen LogP contribution in [-0.2, 0) is 7.05 Å². The summed E-state index contributed by atoms with van der Waals surface area (Å²) in [4.78, 5) is 26.5. The minimum atomic E-state index is -0.205. The van der Waals surface area contributed by atoms with E-state index in [9.17, 15) is 9.59 Å². The minimum Gasteiger partial charge on any atom is -0.349 e. The maximum atomic E-state index is 12.5. The van der Waals surface area contributed by atoms with Crippen LogP contribution in [-0.4, -0.2) is 45.8 Å². The van der Waals surface area contributed by atoms with Crippen LogP contribution in [0.5, 0.6) is 0 Å². The molecule has 2 heterocycles. The van der Waals surface area contributed by atoms with Crippen LogP contribution < -0.4 is 10.9 Å². The normalized spacial score (nSPS) is 21.4. The summed E-state index contributed by atoms with van der Waals surface area (Å²) in [6, 6.07) is 2.90. The maximum absolute atomic E-state index is 12.5. The van der Waals surface area contributed by atoms with Gasteiger partial charge in [-0.3, -0.25) is 14.5 Å². The zero-order chi connectivity index (χ0) is 17.0. The molecule has 1 aromatic rings. The molecule has 0 radical (unpaired) electrons. The molecule has 2 fully saturated rings. The molecule has 0 atom stereocenters. The molecule has 6 heteroatoms. The smallest absolute Gasteiger partial charge is 0.271 e. The van der Waals surface area contributed by atoms with E-state index in [1.54, 1.807) is 7.05 Å². The first-order chi connectivity index (χ1) is 11.6. The van der Waals surface area contributed by atoms with Gasteiger partial charge in [0.1, 0.15) is 5.69 Å². The minimum absolute atomic E-state index is 0.106. The van der Waals surface area contributed by atoms with Gasteiger partial charge in [-0.15, -0.1) is 0 Å². The van der Waals surface area contributed by atoms with Gasteiger partial charge in [0.15, 0.2) is 0 Å². The quantitative estimate of drug-likeness (QED) is 0.911. The third kappa shape index (κ3) is 3.69. The van der Waals surface area contributed by atoms with Crippen LogP contribution >= 0.6 is 0 Å². The van der Waals surface area contributed by atoms with Crippen molar-refractivity contribution >= 4 is 5.91 Å². The van der Waals surface area contributed by atoms with E-state index in [-0.39, 0.29) is 17.0 Å². The molecule has 132 valence electrons. The summed E-state index contributed by atoms with van der Waals surface area (Å²) in [6.45, 7) is 2.97. The van der Waals surface area contributed by atoms with Gasteiger partial charge in [-0.25, -0.2) is 4.68 Å². The van der Waals surface area contributed by atoms with Gasteiger partial charge in [0.2, 0.25) is 0 Å². The van der Waals surface area contributed by atoms with Crippen LogP contribution in [0.3, 0.4) is 0 Å². The van der Waals surface area contributed by atoms with E-state index in [1.807, 2.05) is 0 Å². The molecule has 2 aliphatic rings. The van der Waals surface area contributed by atoms with Gasteiger partial charge in [-0.1, -0.05) is 25.7 Å². The number of hydrogen-bond acceptors (Lipinski definition) is 4. The summed E-state index contributed by atoms with van der Waals surface area (Å²) in [6.07, 6.45) is 9.94. The number of rotatable bonds is 4. The summed E-state index contributed by atoms with van der Waals surface area (Å²) in [5.41, 5.74) is 0.208. The van der Waals surface area contributed by atoms with Gasteiger partial charge >= 0.3 is 0 Å². The van der Waals surface area contributed by atoms with Gasteiger partial charge in [-0.2, -0.15) is 5.10 Å². The second kappa shape index (κ2) is 7.47. The fourth-order valence-corrected chi connectivity index (χ4v) is 4.14. The first-order valence-corrected chi connectivity index (χ1v) is 9.18. The predicted molar refractivity (Wildman–Crippen MR) is 93.1 cm³/mol. The first kappa shape index (κ1) is 17.1. The Bertz CT molecular complexity index is 628. The molecule has 1 aliphatic carbocycles. The summed E-state index contributed by atoms with van der Waals surface area (Å²) in [7, 11) is 1.56. The number of carbonyl (C=O) groups excluding carboxylic acids is 1. The van der Waals surface area contributed by atoms with Crippen molar-refractivity contribution in [1.82, 2.24) is 20.0 Å². The fraction of sp³-hybridized carbons (Fsp3) is 0.722. The number of carbonyl (C=O) groups is 1. The Kier molecular flexibility index (Phi) is 5.33. The molecule has 24 heavy (non-hydrogen) atoms. The molecule has 6 nitrogen and oxygen atoms in total. The number of piperidine rings is 1. The third-order valence-corrected chi connectivity index (χ3v) is 5.58. The van der Waals surface area contributed by atoms with Crippen molar-refractivity contribution < 1.29 is 4.79 Å². The average Bonchev–Trinajstić information content (AvgIpc) is 2.63. The summed E-state index contributed by atoms with van der Waals surface area (Å²) < 4.78 is 1.20. The standard InChI is InChI=1S/C18H28N4O2/c1-21-16(23)9-8-15(20-21)17(24)19-14-18(10-4-2-5-11-18)22-12-6-3-7-13-22/h8-9H,2-7,10-14H2,1H3,(H,19,24). The second-order valence-corrected chi connectivity index (χ2v) is 7.20. The van der Waals surface area contributed by atoms with Crippen LogP contribution in [0, 0.1) is 0 Å². The van der Waals surface area contributed by atoms with E-state index in [0.717, 1.165) is 25.9 Å². The first-order valence-electron chi connectivity index (χ1n) is 9.18. The maximum Gasteiger partial charge on any atom is 0.271 e. The molecule has 1 aromatic heterocycles. The molecule has 1 N–H and O–H groups in total. The highest BCUT2D eigenvalue weighted by molar-refractivity contribution is 5.92. The van der Waals surface area contributed by atoms with E-state index in [1.165, 1.54) is 55.3 Å². The Balaban J connectivity index is 1.69. The van der Waals surface area contributed by atoms with Crippen molar-refractivity contribution in [3.8, 4) is 0 Å². The van der Waals surface area contributed by atoms with Crippen LogP contribution in [0.25, 0.3) is 0 Å². The highest BCUT2D eigenvalue weighted by Crippen LogP contribution is 2.35. The van der Waals surface area contributed by atoms with Crippen LogP contribution in [0.4, 0.5) is 0 Å². The van der Waals surface area contributed by atoms with Gasteiger partial charge < -0.3 is 5.32 Å². The monoisotopic (exact) mass is 332 g/mol. The van der Waals surface area contributed by atoms with Gasteiger partial charge in [0.25, 0.3) is 11.5 Å². The largest absolute Gasteiger partial charge is 0.349 e. The number of aryl methyl sites for hydroxylation is 1. The Morgan fingerprint density at radius 1 is 1.12 bits per heavy atom. The lowest BCUT2D eigenvalue weighted by Crippen LogP contribution is -2.58. The van der Waals surface area contributed by atoms with Crippen molar-refractivity contribution in [2.24, 2.45) is 7.05 Å². The number of nitrogens with one attached hydrogen (secondary N) is 1. The fourth-order valence-electron chi connectivity index (χ4n) is 4.14. The Hall–Kier alpha value is -1.69. The number of amides is 1. The summed E-state index contributed by atoms with van der Waals surface area (Å²) >= 11 is 0. The molecule has 0 aromatic carbocycles. The van der Waals surface area contributed by atoms with Crippen molar-refractivity contribution in [3.63, 3.8) is 0 Å². The lowest BCUT2D eigenvalue weighted by Gasteiger charge is -2.48. The molecule has 0 spiro atoms. The highest BCUT2D eigenvalue weighted by Gasteiger charge is 2.38. The van der Waals surface area contributed by atoms with Crippen LogP contribution in [0.1, 0.15) is 61.9 Å². The zero-order valence-electron chi connectivity index (χ0n) is 14.6.